The number of nitrogens with zero attached hydrogens (tertiary/aromatic N) is 3. The summed E-state index contributed by atoms with van der Waals surface area (Å²) in [6.07, 6.45) is 2.25. The molecule has 2 aliphatic rings. The van der Waals surface area contributed by atoms with Gasteiger partial charge in [0.25, 0.3) is 0 Å². The maximum Gasteiger partial charge on any atom is 0.191 e. The molecule has 5 rings (SSSR count). The maximum absolute atomic E-state index is 6.36. The minimum Gasteiger partial charge on any atom is -0.486 e. The molecule has 0 atom stereocenters. The molecule has 3 aromatic rings. The molecule has 0 N–H and O–H groups in total. The quantitative estimate of drug-likeness (QED) is 0.427. The van der Waals surface area contributed by atoms with Crippen LogP contribution in [0.1, 0.15) is 30.3 Å². The summed E-state index contributed by atoms with van der Waals surface area (Å²) in [7, 11) is 0. The van der Waals surface area contributed by atoms with Gasteiger partial charge in [-0.05, 0) is 42.7 Å². The largest absolute Gasteiger partial charge is 0.486 e. The summed E-state index contributed by atoms with van der Waals surface area (Å²) in [4.78, 5) is 0. The lowest BCUT2D eigenvalue weighted by molar-refractivity contribution is 0.171. The molecule has 0 radical (unpaired) electrons. The Morgan fingerprint density at radius 2 is 1.90 bits per heavy atom. The lowest BCUT2D eigenvalue weighted by Crippen LogP contribution is -2.15. The van der Waals surface area contributed by atoms with Crippen LogP contribution in [0.15, 0.2) is 41.6 Å². The fourth-order valence-electron chi connectivity index (χ4n) is 3.30. The smallest absolute Gasteiger partial charge is 0.191 e. The van der Waals surface area contributed by atoms with Crippen LogP contribution in [-0.2, 0) is 12.4 Å². The monoisotopic (exact) mass is 463 g/mol. The predicted octanol–water partition coefficient (Wildman–Crippen LogP) is 5.56. The lowest BCUT2D eigenvalue weighted by Gasteiger charge is -2.20. The average Bonchev–Trinajstić information content (AvgIpc) is 3.52. The molecule has 2 heterocycles. The van der Waals surface area contributed by atoms with Crippen molar-refractivity contribution in [3.8, 4) is 17.2 Å². The number of para-hydroxylation sites is 1. The molecule has 6 nitrogen and oxygen atoms in total. The van der Waals surface area contributed by atoms with Crippen molar-refractivity contribution in [1.29, 1.82) is 0 Å². The zero-order valence-electron chi connectivity index (χ0n) is 16.0. The van der Waals surface area contributed by atoms with Crippen LogP contribution in [0.4, 0.5) is 0 Å². The molecule has 0 bridgehead atoms. The number of ether oxygens (including phenoxy) is 3. The fraction of sp³-hybridized carbons (Fsp3) is 0.333. The van der Waals surface area contributed by atoms with Crippen LogP contribution in [0.5, 0.6) is 17.2 Å². The Morgan fingerprint density at radius 3 is 2.73 bits per heavy atom. The highest BCUT2D eigenvalue weighted by Gasteiger charge is 2.30. The predicted molar refractivity (Wildman–Crippen MR) is 116 cm³/mol. The van der Waals surface area contributed by atoms with Crippen molar-refractivity contribution in [2.45, 2.75) is 36.4 Å². The van der Waals surface area contributed by atoms with E-state index in [-0.39, 0.29) is 0 Å². The second-order valence-corrected chi connectivity index (χ2v) is 8.87. The summed E-state index contributed by atoms with van der Waals surface area (Å²) < 4.78 is 19.3. The molecule has 9 heteroatoms. The number of hydrogen-bond donors (Lipinski definition) is 0. The maximum atomic E-state index is 6.36. The first-order valence-electron chi connectivity index (χ1n) is 9.71. The van der Waals surface area contributed by atoms with E-state index in [0.29, 0.717) is 58.9 Å². The van der Waals surface area contributed by atoms with Gasteiger partial charge < -0.3 is 14.2 Å². The number of thioether (sulfide) groups is 1. The Kier molecular flexibility index (Phi) is 5.67. The van der Waals surface area contributed by atoms with E-state index >= 15 is 0 Å². The Hall–Kier alpha value is -2.09. The molecule has 1 aliphatic heterocycles. The van der Waals surface area contributed by atoms with Crippen molar-refractivity contribution in [3.05, 3.63) is 57.8 Å². The van der Waals surface area contributed by atoms with Gasteiger partial charge >= 0.3 is 0 Å². The molecule has 156 valence electrons. The highest BCUT2D eigenvalue weighted by Crippen LogP contribution is 2.42. The van der Waals surface area contributed by atoms with Crippen molar-refractivity contribution in [3.63, 3.8) is 0 Å². The number of aromatic nitrogens is 3. The average molecular weight is 464 g/mol. The first kappa shape index (κ1) is 19.8. The van der Waals surface area contributed by atoms with E-state index in [2.05, 4.69) is 14.8 Å². The van der Waals surface area contributed by atoms with Crippen LogP contribution in [-0.4, -0.2) is 28.0 Å². The van der Waals surface area contributed by atoms with Gasteiger partial charge in [-0.3, -0.25) is 4.57 Å². The van der Waals surface area contributed by atoms with Crippen molar-refractivity contribution in [2.24, 2.45) is 0 Å². The molecular weight excluding hydrogens is 445 g/mol. The first-order valence-corrected chi connectivity index (χ1v) is 11.4. The Morgan fingerprint density at radius 1 is 1.07 bits per heavy atom. The second kappa shape index (κ2) is 8.57. The SMILES string of the molecule is Clc1ccccc1OCc1nnc(SCc2cc(Cl)c3c(c2)OCCO3)n1C1CC1. The van der Waals surface area contributed by atoms with Crippen molar-refractivity contribution in [2.75, 3.05) is 13.2 Å². The number of halogens is 2. The minimum absolute atomic E-state index is 0.323. The molecule has 0 spiro atoms. The van der Waals surface area contributed by atoms with Gasteiger partial charge in [-0.25, -0.2) is 0 Å². The lowest BCUT2D eigenvalue weighted by atomic mass is 10.2. The molecule has 1 aliphatic carbocycles. The third kappa shape index (κ3) is 4.19. The second-order valence-electron chi connectivity index (χ2n) is 7.11. The summed E-state index contributed by atoms with van der Waals surface area (Å²) in [5, 5.41) is 10.8. The topological polar surface area (TPSA) is 58.4 Å². The van der Waals surface area contributed by atoms with Crippen molar-refractivity contribution < 1.29 is 14.2 Å². The Bertz CT molecular complexity index is 1070. The van der Waals surface area contributed by atoms with Crippen LogP contribution in [0.2, 0.25) is 10.0 Å². The van der Waals surface area contributed by atoms with Crippen molar-refractivity contribution in [1.82, 2.24) is 14.8 Å². The molecule has 30 heavy (non-hydrogen) atoms. The Balaban J connectivity index is 1.31. The van der Waals surface area contributed by atoms with Crippen LogP contribution < -0.4 is 14.2 Å². The summed E-state index contributed by atoms with van der Waals surface area (Å²) in [5.41, 5.74) is 1.05. The number of hydrogen-bond acceptors (Lipinski definition) is 6. The van der Waals surface area contributed by atoms with E-state index < -0.39 is 0 Å². The van der Waals surface area contributed by atoms with Gasteiger partial charge in [0.2, 0.25) is 0 Å². The number of rotatable bonds is 7. The third-order valence-electron chi connectivity index (χ3n) is 4.87. The molecule has 0 saturated heterocycles. The first-order chi connectivity index (χ1) is 14.7. The van der Waals surface area contributed by atoms with Gasteiger partial charge in [0.15, 0.2) is 22.5 Å². The fourth-order valence-corrected chi connectivity index (χ4v) is 4.74. The molecule has 0 unspecified atom stereocenters. The molecule has 1 fully saturated rings. The van der Waals surface area contributed by atoms with E-state index in [1.807, 2.05) is 36.4 Å². The summed E-state index contributed by atoms with van der Waals surface area (Å²) in [6, 6.07) is 11.8. The van der Waals surface area contributed by atoms with Crippen LogP contribution in [0.25, 0.3) is 0 Å². The van der Waals surface area contributed by atoms with E-state index in [1.165, 1.54) is 0 Å². The standard InChI is InChI=1S/C21H19Cl2N3O3S/c22-15-3-1-2-4-17(15)29-11-19-24-25-21(26(19)14-5-6-14)30-12-13-9-16(23)20-18(10-13)27-7-8-28-20/h1-4,9-10,14H,5-8,11-12H2. The molecular formula is C21H19Cl2N3O3S. The molecule has 0 amide bonds. The highest BCUT2D eigenvalue weighted by atomic mass is 35.5. The van der Waals surface area contributed by atoms with E-state index in [1.54, 1.807) is 11.8 Å². The third-order valence-corrected chi connectivity index (χ3v) is 6.47. The molecule has 1 saturated carbocycles. The highest BCUT2D eigenvalue weighted by molar-refractivity contribution is 7.98. The van der Waals surface area contributed by atoms with Crippen LogP contribution >= 0.6 is 35.0 Å². The van der Waals surface area contributed by atoms with Gasteiger partial charge in [0.1, 0.15) is 25.6 Å². The zero-order chi connectivity index (χ0) is 20.5. The molecule has 2 aromatic carbocycles. The zero-order valence-corrected chi connectivity index (χ0v) is 18.3. The summed E-state index contributed by atoms with van der Waals surface area (Å²) >= 11 is 14.2. The number of benzene rings is 2. The van der Waals surface area contributed by atoms with Gasteiger partial charge in [-0.1, -0.05) is 47.1 Å². The van der Waals surface area contributed by atoms with Gasteiger partial charge in [0, 0.05) is 11.8 Å². The summed E-state index contributed by atoms with van der Waals surface area (Å²) in [6.45, 7) is 1.37. The minimum atomic E-state index is 0.323. The van der Waals surface area contributed by atoms with Crippen LogP contribution in [0, 0.1) is 0 Å². The van der Waals surface area contributed by atoms with E-state index in [9.17, 15) is 0 Å². The van der Waals surface area contributed by atoms with Crippen molar-refractivity contribution >= 4 is 35.0 Å². The van der Waals surface area contributed by atoms with Crippen LogP contribution in [0.3, 0.4) is 0 Å². The van der Waals surface area contributed by atoms with Gasteiger partial charge in [0.05, 0.1) is 10.0 Å². The van der Waals surface area contributed by atoms with E-state index in [0.717, 1.165) is 29.4 Å². The van der Waals surface area contributed by atoms with Gasteiger partial charge in [-0.15, -0.1) is 10.2 Å². The number of fused-ring (bicyclic) bond motifs is 1. The van der Waals surface area contributed by atoms with Gasteiger partial charge in [-0.2, -0.15) is 0 Å². The Labute approximate surface area is 188 Å². The van der Waals surface area contributed by atoms with E-state index in [4.69, 9.17) is 37.4 Å². The summed E-state index contributed by atoms with van der Waals surface area (Å²) in [5.74, 6) is 3.47. The normalized spacial score (nSPS) is 15.3. The molecule has 1 aromatic heterocycles.